The van der Waals surface area contributed by atoms with Gasteiger partial charge in [0.1, 0.15) is 16.6 Å². The highest BCUT2D eigenvalue weighted by atomic mass is 32.2. The molecule has 0 unspecified atom stereocenters. The van der Waals surface area contributed by atoms with E-state index in [9.17, 15) is 19.5 Å². The Morgan fingerprint density at radius 3 is 2.71 bits per heavy atom. The van der Waals surface area contributed by atoms with Crippen LogP contribution in [0.25, 0.3) is 6.08 Å². The third-order valence-corrected chi connectivity index (χ3v) is 6.52. The van der Waals surface area contributed by atoms with Crippen LogP contribution in [0.15, 0.2) is 29.2 Å². The van der Waals surface area contributed by atoms with E-state index in [2.05, 4.69) is 0 Å². The summed E-state index contributed by atoms with van der Waals surface area (Å²) >= 11 is 7.69. The van der Waals surface area contributed by atoms with Gasteiger partial charge in [-0.15, -0.1) is 11.8 Å². The topological polar surface area (TPSA) is 90.0 Å². The Labute approximate surface area is 176 Å². The molecular formula is C18H17N2O5S3-. The molecule has 148 valence electrons. The third-order valence-electron chi connectivity index (χ3n) is 4.13. The summed E-state index contributed by atoms with van der Waals surface area (Å²) in [6, 6.07) is 6.30. The van der Waals surface area contributed by atoms with Crippen LogP contribution in [0, 0.1) is 0 Å². The maximum atomic E-state index is 12.7. The smallest absolute Gasteiger partial charge is 0.266 e. The van der Waals surface area contributed by atoms with Crippen LogP contribution in [0.5, 0.6) is 5.75 Å². The molecule has 2 fully saturated rings. The minimum absolute atomic E-state index is 0.258. The molecule has 3 rings (SSSR count). The predicted molar refractivity (Wildman–Crippen MR) is 110 cm³/mol. The molecule has 2 amide bonds. The largest absolute Gasteiger partial charge is 0.548 e. The van der Waals surface area contributed by atoms with Gasteiger partial charge in [0.2, 0.25) is 5.91 Å². The van der Waals surface area contributed by atoms with Gasteiger partial charge in [-0.1, -0.05) is 36.1 Å². The molecule has 10 heteroatoms. The van der Waals surface area contributed by atoms with E-state index in [0.717, 1.165) is 23.1 Å². The number of benzene rings is 1. The van der Waals surface area contributed by atoms with Crippen molar-refractivity contribution in [2.75, 3.05) is 24.8 Å². The maximum absolute atomic E-state index is 12.7. The van der Waals surface area contributed by atoms with Crippen molar-refractivity contribution in [1.82, 2.24) is 9.80 Å². The van der Waals surface area contributed by atoms with E-state index < -0.39 is 17.9 Å². The zero-order chi connectivity index (χ0) is 20.3. The van der Waals surface area contributed by atoms with E-state index in [1.165, 1.54) is 21.6 Å². The first-order valence-corrected chi connectivity index (χ1v) is 10.8. The fourth-order valence-corrected chi connectivity index (χ4v) is 5.14. The molecule has 2 saturated heterocycles. The number of carboxylic acid groups (broad SMARTS) is 1. The lowest BCUT2D eigenvalue weighted by Crippen LogP contribution is -2.51. The average Bonchev–Trinajstić information content (AvgIpc) is 3.25. The summed E-state index contributed by atoms with van der Waals surface area (Å²) in [7, 11) is 0. The van der Waals surface area contributed by atoms with E-state index in [4.69, 9.17) is 17.0 Å². The standard InChI is InChI=1S/C18H18N2O5S3/c1-2-25-12-5-3-11(4-6-12)7-14-16(22)19(18(26)28-14)8-15(21)20-10-27-9-13(20)17(23)24/h3-7,13H,2,8-10H2,1H3,(H,23,24)/p-1/b14-7-/t13-/m0/s1. The minimum atomic E-state index is -1.29. The molecule has 2 aliphatic rings. The van der Waals surface area contributed by atoms with Crippen molar-refractivity contribution in [3.05, 3.63) is 34.7 Å². The first-order valence-electron chi connectivity index (χ1n) is 8.47. The van der Waals surface area contributed by atoms with Crippen molar-refractivity contribution in [3.8, 4) is 5.75 Å². The number of amides is 2. The van der Waals surface area contributed by atoms with E-state index >= 15 is 0 Å². The van der Waals surface area contributed by atoms with Gasteiger partial charge in [-0.25, -0.2) is 0 Å². The fraction of sp³-hybridized carbons (Fsp3) is 0.333. The van der Waals surface area contributed by atoms with Crippen LogP contribution in [0.3, 0.4) is 0 Å². The molecular weight excluding hydrogens is 420 g/mol. The Morgan fingerprint density at radius 1 is 1.36 bits per heavy atom. The van der Waals surface area contributed by atoms with Gasteiger partial charge < -0.3 is 19.5 Å². The molecule has 28 heavy (non-hydrogen) atoms. The van der Waals surface area contributed by atoms with E-state index in [-0.39, 0.29) is 28.4 Å². The number of aliphatic carboxylic acids is 1. The number of carbonyl (C=O) groups excluding carboxylic acids is 3. The summed E-state index contributed by atoms with van der Waals surface area (Å²) in [5.41, 5.74) is 0.809. The summed E-state index contributed by atoms with van der Waals surface area (Å²) in [5, 5.41) is 11.2. The molecule has 0 bridgehead atoms. The van der Waals surface area contributed by atoms with Crippen LogP contribution in [0.2, 0.25) is 0 Å². The molecule has 0 aliphatic carbocycles. The lowest BCUT2D eigenvalue weighted by molar-refractivity contribution is -0.310. The number of thioether (sulfide) groups is 2. The second-order valence-electron chi connectivity index (χ2n) is 5.97. The van der Waals surface area contributed by atoms with Crippen molar-refractivity contribution in [2.24, 2.45) is 0 Å². The number of nitrogens with zero attached hydrogens (tertiary/aromatic N) is 2. The Hall–Kier alpha value is -2.04. The van der Waals surface area contributed by atoms with Gasteiger partial charge in [-0.05, 0) is 30.7 Å². The van der Waals surface area contributed by atoms with E-state index in [1.54, 1.807) is 6.08 Å². The SMILES string of the molecule is CCOc1ccc(/C=C2\SC(=S)N(CC(=O)N3CSC[C@H]3C(=O)[O-])C2=O)cc1. The van der Waals surface area contributed by atoms with Gasteiger partial charge in [-0.3, -0.25) is 14.5 Å². The van der Waals surface area contributed by atoms with Crippen LogP contribution in [0.1, 0.15) is 12.5 Å². The molecule has 0 spiro atoms. The van der Waals surface area contributed by atoms with Crippen LogP contribution < -0.4 is 9.84 Å². The monoisotopic (exact) mass is 437 g/mol. The molecule has 0 saturated carbocycles. The summed E-state index contributed by atoms with van der Waals surface area (Å²) in [6.45, 7) is 2.19. The first-order chi connectivity index (χ1) is 13.4. The van der Waals surface area contributed by atoms with E-state index in [1.807, 2.05) is 31.2 Å². The lowest BCUT2D eigenvalue weighted by Gasteiger charge is -2.26. The first kappa shape index (κ1) is 20.7. The van der Waals surface area contributed by atoms with Gasteiger partial charge >= 0.3 is 0 Å². The number of ether oxygens (including phenoxy) is 1. The van der Waals surface area contributed by atoms with Gasteiger partial charge in [-0.2, -0.15) is 0 Å². The minimum Gasteiger partial charge on any atom is -0.548 e. The molecule has 1 aromatic rings. The van der Waals surface area contributed by atoms with Crippen molar-refractivity contribution in [3.63, 3.8) is 0 Å². The Balaban J connectivity index is 1.69. The van der Waals surface area contributed by atoms with Gasteiger partial charge in [0.15, 0.2) is 0 Å². The average molecular weight is 438 g/mol. The van der Waals surface area contributed by atoms with Crippen molar-refractivity contribution in [2.45, 2.75) is 13.0 Å². The highest BCUT2D eigenvalue weighted by Gasteiger charge is 2.37. The number of hydrogen-bond acceptors (Lipinski definition) is 8. The summed E-state index contributed by atoms with van der Waals surface area (Å²) in [4.78, 5) is 39.2. The maximum Gasteiger partial charge on any atom is 0.266 e. The van der Waals surface area contributed by atoms with E-state index in [0.29, 0.717) is 11.5 Å². The van der Waals surface area contributed by atoms with Crippen LogP contribution >= 0.6 is 35.7 Å². The lowest BCUT2D eigenvalue weighted by atomic mass is 10.2. The van der Waals surface area contributed by atoms with Crippen LogP contribution in [-0.4, -0.2) is 62.7 Å². The quantitative estimate of drug-likeness (QED) is 0.480. The number of hydrogen-bond donors (Lipinski definition) is 0. The highest BCUT2D eigenvalue weighted by Crippen LogP contribution is 2.33. The summed E-state index contributed by atoms with van der Waals surface area (Å²) in [5.74, 6) is -0.840. The number of rotatable bonds is 6. The van der Waals surface area contributed by atoms with Crippen LogP contribution in [0.4, 0.5) is 0 Å². The van der Waals surface area contributed by atoms with Crippen molar-refractivity contribution >= 4 is 63.9 Å². The number of carboxylic acids is 1. The number of carbonyl (C=O) groups is 3. The number of thiocarbonyl (C=S) groups is 1. The molecule has 1 aromatic carbocycles. The van der Waals surface area contributed by atoms with Gasteiger partial charge in [0, 0.05) is 5.75 Å². The van der Waals surface area contributed by atoms with Crippen molar-refractivity contribution in [1.29, 1.82) is 0 Å². The zero-order valence-corrected chi connectivity index (χ0v) is 17.4. The normalized spacial score (nSPS) is 20.9. The summed E-state index contributed by atoms with van der Waals surface area (Å²) < 4.78 is 5.66. The summed E-state index contributed by atoms with van der Waals surface area (Å²) in [6.07, 6.45) is 1.70. The van der Waals surface area contributed by atoms with Gasteiger partial charge in [0.25, 0.3) is 5.91 Å². The Kier molecular flexibility index (Phi) is 6.63. The van der Waals surface area contributed by atoms with Gasteiger partial charge in [0.05, 0.1) is 29.4 Å². The Morgan fingerprint density at radius 2 is 2.07 bits per heavy atom. The zero-order valence-electron chi connectivity index (χ0n) is 15.0. The predicted octanol–water partition coefficient (Wildman–Crippen LogP) is 0.938. The second-order valence-corrected chi connectivity index (χ2v) is 8.64. The molecule has 2 heterocycles. The fourth-order valence-electron chi connectivity index (χ4n) is 2.72. The third kappa shape index (κ3) is 4.50. The molecule has 7 nitrogen and oxygen atoms in total. The molecule has 0 N–H and O–H groups in total. The molecule has 1 atom stereocenters. The van der Waals surface area contributed by atoms with Crippen LogP contribution in [-0.2, 0) is 14.4 Å². The Bertz CT molecular complexity index is 840. The van der Waals surface area contributed by atoms with Crippen molar-refractivity contribution < 1.29 is 24.2 Å². The second kappa shape index (κ2) is 8.97. The molecule has 0 radical (unpaired) electrons. The highest BCUT2D eigenvalue weighted by molar-refractivity contribution is 8.26. The molecule has 0 aromatic heterocycles. The molecule has 2 aliphatic heterocycles.